The SMILES string of the molecule is CC1CC(N(C)C)NCC1n1cc(C(=O)O)c(=O)c2cc(F)c(N3Cc4cccnc4C3)cc21. The van der Waals surface area contributed by atoms with Crippen molar-refractivity contribution in [2.24, 2.45) is 5.92 Å². The van der Waals surface area contributed by atoms with Crippen LogP contribution in [0.2, 0.25) is 0 Å². The van der Waals surface area contributed by atoms with Crippen LogP contribution in [-0.2, 0) is 13.1 Å². The number of carbonyl (C=O) groups is 1. The molecule has 1 saturated heterocycles. The number of benzene rings is 1. The lowest BCUT2D eigenvalue weighted by Crippen LogP contribution is -2.50. The molecule has 3 aromatic rings. The van der Waals surface area contributed by atoms with E-state index in [-0.39, 0.29) is 29.1 Å². The van der Waals surface area contributed by atoms with Crippen LogP contribution in [0.1, 0.15) is 41.0 Å². The van der Waals surface area contributed by atoms with Gasteiger partial charge in [-0.3, -0.25) is 20.0 Å². The Labute approximate surface area is 196 Å². The lowest BCUT2D eigenvalue weighted by atomic mass is 9.91. The summed E-state index contributed by atoms with van der Waals surface area (Å²) < 4.78 is 17.2. The van der Waals surface area contributed by atoms with Gasteiger partial charge in [-0.2, -0.15) is 0 Å². The average Bonchev–Trinajstić information content (AvgIpc) is 3.23. The molecule has 8 nitrogen and oxygen atoms in total. The number of hydrogen-bond donors (Lipinski definition) is 2. The van der Waals surface area contributed by atoms with Gasteiger partial charge < -0.3 is 14.6 Å². The molecule has 2 aromatic heterocycles. The Bertz CT molecular complexity index is 1310. The van der Waals surface area contributed by atoms with E-state index >= 15 is 4.39 Å². The topological polar surface area (TPSA) is 90.7 Å². The minimum absolute atomic E-state index is 0.0814. The molecule has 5 rings (SSSR count). The number of aromatic nitrogens is 2. The number of pyridine rings is 2. The van der Waals surface area contributed by atoms with Crippen LogP contribution in [0.25, 0.3) is 10.9 Å². The highest BCUT2D eigenvalue weighted by atomic mass is 19.1. The summed E-state index contributed by atoms with van der Waals surface area (Å²) in [6, 6.07) is 6.63. The molecule has 1 fully saturated rings. The van der Waals surface area contributed by atoms with Crippen LogP contribution in [0.15, 0.2) is 41.5 Å². The molecule has 0 aliphatic carbocycles. The van der Waals surface area contributed by atoms with Gasteiger partial charge in [0.05, 0.1) is 29.6 Å². The number of nitrogens with one attached hydrogen (secondary N) is 1. The van der Waals surface area contributed by atoms with E-state index < -0.39 is 17.2 Å². The van der Waals surface area contributed by atoms with Gasteiger partial charge in [-0.05, 0) is 50.2 Å². The molecule has 0 spiro atoms. The predicted molar refractivity (Wildman–Crippen MR) is 128 cm³/mol. The van der Waals surface area contributed by atoms with Crippen molar-refractivity contribution >= 4 is 22.6 Å². The number of hydrogen-bond acceptors (Lipinski definition) is 6. The van der Waals surface area contributed by atoms with Crippen molar-refractivity contribution < 1.29 is 14.3 Å². The molecule has 2 aliphatic rings. The lowest BCUT2D eigenvalue weighted by molar-refractivity contribution is 0.0693. The molecule has 4 heterocycles. The second kappa shape index (κ2) is 8.48. The molecule has 34 heavy (non-hydrogen) atoms. The van der Waals surface area contributed by atoms with Crippen LogP contribution < -0.4 is 15.6 Å². The quantitative estimate of drug-likeness (QED) is 0.612. The van der Waals surface area contributed by atoms with Gasteiger partial charge in [0.2, 0.25) is 5.43 Å². The van der Waals surface area contributed by atoms with Crippen LogP contribution in [-0.4, -0.2) is 52.3 Å². The monoisotopic (exact) mass is 465 g/mol. The van der Waals surface area contributed by atoms with Crippen LogP contribution in [0.5, 0.6) is 0 Å². The lowest BCUT2D eigenvalue weighted by Gasteiger charge is -2.40. The zero-order valence-corrected chi connectivity index (χ0v) is 19.5. The number of anilines is 1. The van der Waals surface area contributed by atoms with E-state index in [2.05, 4.69) is 22.1 Å². The molecular formula is C25H28FN5O3. The number of aromatic carboxylic acids is 1. The smallest absolute Gasteiger partial charge is 0.341 e. The zero-order valence-electron chi connectivity index (χ0n) is 19.5. The third kappa shape index (κ3) is 3.74. The fraction of sp³-hybridized carbons (Fsp3) is 0.400. The van der Waals surface area contributed by atoms with E-state index in [0.29, 0.717) is 30.8 Å². The van der Waals surface area contributed by atoms with E-state index in [1.807, 2.05) is 35.7 Å². The highest BCUT2D eigenvalue weighted by molar-refractivity contribution is 5.93. The highest BCUT2D eigenvalue weighted by Crippen LogP contribution is 2.34. The van der Waals surface area contributed by atoms with Gasteiger partial charge in [0.1, 0.15) is 11.4 Å². The average molecular weight is 466 g/mol. The normalized spacial score (nSPS) is 22.4. The third-order valence-corrected chi connectivity index (χ3v) is 7.15. The molecule has 0 amide bonds. The molecule has 1 aromatic carbocycles. The second-order valence-electron chi connectivity index (χ2n) is 9.54. The number of nitrogens with zero attached hydrogens (tertiary/aromatic N) is 4. The van der Waals surface area contributed by atoms with Gasteiger partial charge in [0.15, 0.2) is 0 Å². The molecule has 0 saturated carbocycles. The Kier molecular flexibility index (Phi) is 5.61. The maximum absolute atomic E-state index is 15.3. The van der Waals surface area contributed by atoms with Crippen molar-refractivity contribution in [1.29, 1.82) is 0 Å². The fourth-order valence-corrected chi connectivity index (χ4v) is 5.21. The first-order valence-corrected chi connectivity index (χ1v) is 11.4. The Morgan fingerprint density at radius 2 is 2.09 bits per heavy atom. The van der Waals surface area contributed by atoms with E-state index in [0.717, 1.165) is 17.7 Å². The second-order valence-corrected chi connectivity index (χ2v) is 9.54. The van der Waals surface area contributed by atoms with Crippen LogP contribution in [0.3, 0.4) is 0 Å². The predicted octanol–water partition coefficient (Wildman–Crippen LogP) is 2.81. The number of carboxylic acid groups (broad SMARTS) is 1. The first-order chi connectivity index (χ1) is 16.2. The standard InChI is InChI=1S/C25H28FN5O3/c1-14-7-23(29(2)3)28-10-22(14)31-12-17(25(33)34)24(32)16-8-18(26)21(9-20(16)31)30-11-15-5-4-6-27-19(15)13-30/h4-6,8-9,12,14,22-23,28H,7,10-11,13H2,1-3H3,(H,33,34). The van der Waals surface area contributed by atoms with Crippen molar-refractivity contribution in [2.75, 3.05) is 25.5 Å². The third-order valence-electron chi connectivity index (χ3n) is 7.15. The Morgan fingerprint density at radius 1 is 1.29 bits per heavy atom. The number of fused-ring (bicyclic) bond motifs is 2. The minimum Gasteiger partial charge on any atom is -0.477 e. The van der Waals surface area contributed by atoms with Crippen LogP contribution >= 0.6 is 0 Å². The summed E-state index contributed by atoms with van der Waals surface area (Å²) in [7, 11) is 4.03. The Balaban J connectivity index is 1.64. The number of rotatable bonds is 4. The van der Waals surface area contributed by atoms with E-state index in [9.17, 15) is 14.7 Å². The maximum Gasteiger partial charge on any atom is 0.341 e. The molecule has 2 aliphatic heterocycles. The molecule has 0 bridgehead atoms. The molecule has 3 atom stereocenters. The van der Waals surface area contributed by atoms with Gasteiger partial charge in [0, 0.05) is 36.9 Å². The first kappa shape index (κ1) is 22.5. The summed E-state index contributed by atoms with van der Waals surface area (Å²) in [5.41, 5.74) is 1.85. The van der Waals surface area contributed by atoms with E-state index in [4.69, 9.17) is 0 Å². The number of piperidine rings is 1. The Morgan fingerprint density at radius 3 is 2.76 bits per heavy atom. The van der Waals surface area contributed by atoms with Gasteiger partial charge >= 0.3 is 5.97 Å². The fourth-order valence-electron chi connectivity index (χ4n) is 5.21. The van der Waals surface area contributed by atoms with Crippen LogP contribution in [0.4, 0.5) is 10.1 Å². The van der Waals surface area contributed by atoms with Gasteiger partial charge in [-0.25, -0.2) is 9.18 Å². The molecule has 0 radical (unpaired) electrons. The van der Waals surface area contributed by atoms with Gasteiger partial charge in [0.25, 0.3) is 0 Å². The van der Waals surface area contributed by atoms with Crippen molar-refractivity contribution in [3.05, 3.63) is 69.5 Å². The van der Waals surface area contributed by atoms with Crippen molar-refractivity contribution in [3.8, 4) is 0 Å². The molecule has 178 valence electrons. The summed E-state index contributed by atoms with van der Waals surface area (Å²) in [6.07, 6.45) is 4.21. The van der Waals surface area contributed by atoms with Crippen molar-refractivity contribution in [1.82, 2.24) is 19.8 Å². The van der Waals surface area contributed by atoms with Crippen LogP contribution in [0, 0.1) is 11.7 Å². The zero-order chi connectivity index (χ0) is 24.1. The maximum atomic E-state index is 15.3. The van der Waals surface area contributed by atoms with Gasteiger partial charge in [-0.1, -0.05) is 13.0 Å². The number of halogens is 1. The summed E-state index contributed by atoms with van der Waals surface area (Å²) in [6.45, 7) is 3.73. The number of carboxylic acids is 1. The summed E-state index contributed by atoms with van der Waals surface area (Å²) in [5, 5.41) is 13.3. The minimum atomic E-state index is -1.31. The van der Waals surface area contributed by atoms with E-state index in [1.54, 1.807) is 12.3 Å². The molecule has 9 heteroatoms. The van der Waals surface area contributed by atoms with E-state index in [1.165, 1.54) is 12.3 Å². The summed E-state index contributed by atoms with van der Waals surface area (Å²) >= 11 is 0. The highest BCUT2D eigenvalue weighted by Gasteiger charge is 2.32. The first-order valence-electron chi connectivity index (χ1n) is 11.4. The molecular weight excluding hydrogens is 437 g/mol. The summed E-state index contributed by atoms with van der Waals surface area (Å²) in [5.74, 6) is -1.66. The molecule has 3 unspecified atom stereocenters. The molecule has 2 N–H and O–H groups in total. The van der Waals surface area contributed by atoms with Crippen molar-refractivity contribution in [2.45, 2.75) is 38.6 Å². The Hall–Kier alpha value is -3.30. The summed E-state index contributed by atoms with van der Waals surface area (Å²) in [4.78, 5) is 33.3. The van der Waals surface area contributed by atoms with Crippen molar-refractivity contribution in [3.63, 3.8) is 0 Å². The van der Waals surface area contributed by atoms with Gasteiger partial charge in [-0.15, -0.1) is 0 Å². The largest absolute Gasteiger partial charge is 0.477 e.